The minimum atomic E-state index is -0.608. The Labute approximate surface area is 200 Å². The highest BCUT2D eigenvalue weighted by Crippen LogP contribution is 2.35. The summed E-state index contributed by atoms with van der Waals surface area (Å²) in [5.74, 6) is 0.104. The zero-order valence-corrected chi connectivity index (χ0v) is 18.4. The van der Waals surface area contributed by atoms with E-state index >= 15 is 0 Å². The summed E-state index contributed by atoms with van der Waals surface area (Å²) in [6.45, 7) is 3.72. The van der Waals surface area contributed by atoms with Crippen molar-refractivity contribution < 1.29 is 14.3 Å². The minimum Gasteiger partial charge on any atom is -0.459 e. The molecule has 2 aromatic carbocycles. The molecule has 172 valence electrons. The number of rotatable bonds is 8. The lowest BCUT2D eigenvalue weighted by atomic mass is 10.1. The molecular formula is C25H19N7O3. The maximum atomic E-state index is 11.9. The summed E-state index contributed by atoms with van der Waals surface area (Å²) in [6.07, 6.45) is 4.35. The van der Waals surface area contributed by atoms with Crippen LogP contribution in [0.5, 0.6) is 17.6 Å². The van der Waals surface area contributed by atoms with Crippen LogP contribution in [-0.2, 0) is 11.4 Å². The SMILES string of the molecule is C=C(C#N)C(=O)Nc1cccc(Oc2ncnc(N)c2-c2cnc(OCc3ccccc3)nc2)c1. The molecule has 0 unspecified atom stereocenters. The van der Waals surface area contributed by atoms with Crippen LogP contribution >= 0.6 is 0 Å². The summed E-state index contributed by atoms with van der Waals surface area (Å²) in [5.41, 5.74) is 8.23. The number of ether oxygens (including phenoxy) is 2. The third-order valence-corrected chi connectivity index (χ3v) is 4.68. The Morgan fingerprint density at radius 1 is 1.06 bits per heavy atom. The number of nitrogens with two attached hydrogens (primary N) is 1. The molecule has 0 radical (unpaired) electrons. The molecule has 10 nitrogen and oxygen atoms in total. The number of hydrogen-bond donors (Lipinski definition) is 2. The lowest BCUT2D eigenvalue weighted by molar-refractivity contribution is -0.112. The third kappa shape index (κ3) is 5.74. The standard InChI is InChI=1S/C25H19N7O3/c1-16(11-26)23(33)32-19-8-5-9-20(10-19)35-24-21(22(27)30-15-31-24)18-12-28-25(29-13-18)34-14-17-6-3-2-4-7-17/h2-10,12-13,15H,1,14H2,(H,32,33)(H2,27,30,31). The second-order valence-electron chi connectivity index (χ2n) is 7.14. The van der Waals surface area contributed by atoms with Crippen LogP contribution in [0.2, 0.25) is 0 Å². The van der Waals surface area contributed by atoms with Gasteiger partial charge < -0.3 is 20.5 Å². The Balaban J connectivity index is 1.53. The first-order chi connectivity index (χ1) is 17.0. The number of benzene rings is 2. The van der Waals surface area contributed by atoms with Crippen molar-refractivity contribution >= 4 is 17.4 Å². The van der Waals surface area contributed by atoms with Crippen molar-refractivity contribution in [2.75, 3.05) is 11.1 Å². The van der Waals surface area contributed by atoms with E-state index in [1.54, 1.807) is 42.7 Å². The zero-order chi connectivity index (χ0) is 24.6. The van der Waals surface area contributed by atoms with Crippen molar-refractivity contribution in [3.63, 3.8) is 0 Å². The number of aromatic nitrogens is 4. The molecule has 0 aliphatic heterocycles. The Bertz CT molecular complexity index is 1400. The van der Waals surface area contributed by atoms with Crippen molar-refractivity contribution in [3.8, 4) is 34.8 Å². The normalized spacial score (nSPS) is 10.1. The van der Waals surface area contributed by atoms with Crippen molar-refractivity contribution in [1.82, 2.24) is 19.9 Å². The van der Waals surface area contributed by atoms with Gasteiger partial charge in [-0.05, 0) is 17.7 Å². The Morgan fingerprint density at radius 2 is 1.83 bits per heavy atom. The summed E-state index contributed by atoms with van der Waals surface area (Å²) >= 11 is 0. The highest BCUT2D eigenvalue weighted by molar-refractivity contribution is 6.06. The van der Waals surface area contributed by atoms with Gasteiger partial charge in [0.25, 0.3) is 5.91 Å². The fourth-order valence-electron chi connectivity index (χ4n) is 2.98. The monoisotopic (exact) mass is 465 g/mol. The number of amides is 1. The molecule has 0 fully saturated rings. The number of carbonyl (C=O) groups excluding carboxylic acids is 1. The van der Waals surface area contributed by atoms with Crippen LogP contribution in [0, 0.1) is 11.3 Å². The largest absolute Gasteiger partial charge is 0.459 e. The Morgan fingerprint density at radius 3 is 2.57 bits per heavy atom. The van der Waals surface area contributed by atoms with Gasteiger partial charge in [0.2, 0.25) is 5.88 Å². The van der Waals surface area contributed by atoms with E-state index in [-0.39, 0.29) is 23.3 Å². The van der Waals surface area contributed by atoms with Gasteiger partial charge >= 0.3 is 6.01 Å². The van der Waals surface area contributed by atoms with E-state index in [4.69, 9.17) is 20.5 Å². The van der Waals surface area contributed by atoms with Crippen LogP contribution in [0.3, 0.4) is 0 Å². The van der Waals surface area contributed by atoms with E-state index in [1.165, 1.54) is 6.33 Å². The summed E-state index contributed by atoms with van der Waals surface area (Å²) in [4.78, 5) is 28.7. The van der Waals surface area contributed by atoms with E-state index in [1.807, 2.05) is 30.3 Å². The Kier molecular flexibility index (Phi) is 6.89. The van der Waals surface area contributed by atoms with Crippen molar-refractivity contribution in [2.45, 2.75) is 6.61 Å². The van der Waals surface area contributed by atoms with Gasteiger partial charge in [-0.15, -0.1) is 0 Å². The fraction of sp³-hybridized carbons (Fsp3) is 0.0400. The molecule has 0 spiro atoms. The number of nitriles is 1. The molecule has 10 heteroatoms. The maximum Gasteiger partial charge on any atom is 0.316 e. The molecule has 0 atom stereocenters. The van der Waals surface area contributed by atoms with Crippen LogP contribution in [0.25, 0.3) is 11.1 Å². The van der Waals surface area contributed by atoms with Crippen molar-refractivity contribution in [3.05, 3.63) is 91.0 Å². The molecule has 0 aliphatic carbocycles. The number of nitrogen functional groups attached to an aromatic ring is 1. The summed E-state index contributed by atoms with van der Waals surface area (Å²) in [7, 11) is 0. The first-order valence-corrected chi connectivity index (χ1v) is 10.3. The smallest absolute Gasteiger partial charge is 0.316 e. The maximum absolute atomic E-state index is 11.9. The molecular weight excluding hydrogens is 446 g/mol. The summed E-state index contributed by atoms with van der Waals surface area (Å²) in [5, 5.41) is 11.4. The average Bonchev–Trinajstić information content (AvgIpc) is 2.88. The number of nitrogens with one attached hydrogen (secondary N) is 1. The summed E-state index contributed by atoms with van der Waals surface area (Å²) < 4.78 is 11.6. The van der Waals surface area contributed by atoms with Crippen molar-refractivity contribution in [1.29, 1.82) is 5.26 Å². The molecule has 2 aromatic heterocycles. The molecule has 3 N–H and O–H groups in total. The van der Waals surface area contributed by atoms with Gasteiger partial charge in [-0.25, -0.2) is 19.9 Å². The topological polar surface area (TPSA) is 149 Å². The van der Waals surface area contributed by atoms with Crippen LogP contribution in [0.4, 0.5) is 11.5 Å². The number of carbonyl (C=O) groups is 1. The first kappa shape index (κ1) is 22.9. The molecule has 4 aromatic rings. The molecule has 0 bridgehead atoms. The highest BCUT2D eigenvalue weighted by atomic mass is 16.5. The van der Waals surface area contributed by atoms with E-state index in [2.05, 4.69) is 31.8 Å². The third-order valence-electron chi connectivity index (χ3n) is 4.68. The quantitative estimate of drug-likeness (QED) is 0.292. The molecule has 0 saturated heterocycles. The van der Waals surface area contributed by atoms with E-state index in [0.717, 1.165) is 5.56 Å². The zero-order valence-electron chi connectivity index (χ0n) is 18.4. The fourth-order valence-corrected chi connectivity index (χ4v) is 2.98. The van der Waals surface area contributed by atoms with Gasteiger partial charge in [-0.1, -0.05) is 43.0 Å². The van der Waals surface area contributed by atoms with E-state index in [0.29, 0.717) is 29.2 Å². The van der Waals surface area contributed by atoms with Gasteiger partial charge in [-0.3, -0.25) is 4.79 Å². The molecule has 0 saturated carbocycles. The predicted molar refractivity (Wildman–Crippen MR) is 128 cm³/mol. The lowest BCUT2D eigenvalue weighted by Gasteiger charge is -2.12. The van der Waals surface area contributed by atoms with E-state index in [9.17, 15) is 4.79 Å². The van der Waals surface area contributed by atoms with Gasteiger partial charge in [0.05, 0.1) is 5.56 Å². The first-order valence-electron chi connectivity index (χ1n) is 10.3. The van der Waals surface area contributed by atoms with Crippen LogP contribution in [-0.4, -0.2) is 25.8 Å². The molecule has 4 rings (SSSR count). The molecule has 35 heavy (non-hydrogen) atoms. The molecule has 2 heterocycles. The van der Waals surface area contributed by atoms with Gasteiger partial charge in [0.15, 0.2) is 0 Å². The lowest BCUT2D eigenvalue weighted by Crippen LogP contribution is -2.12. The second-order valence-corrected chi connectivity index (χ2v) is 7.14. The van der Waals surface area contributed by atoms with Crippen molar-refractivity contribution in [2.24, 2.45) is 0 Å². The number of hydrogen-bond acceptors (Lipinski definition) is 9. The highest BCUT2D eigenvalue weighted by Gasteiger charge is 2.16. The molecule has 1 amide bonds. The van der Waals surface area contributed by atoms with Crippen LogP contribution in [0.1, 0.15) is 5.56 Å². The van der Waals surface area contributed by atoms with E-state index < -0.39 is 5.91 Å². The average molecular weight is 465 g/mol. The Hall–Kier alpha value is -5.30. The van der Waals surface area contributed by atoms with Gasteiger partial charge in [0.1, 0.15) is 36.1 Å². The summed E-state index contributed by atoms with van der Waals surface area (Å²) in [6, 6.07) is 18.1. The predicted octanol–water partition coefficient (Wildman–Crippen LogP) is 3.91. The van der Waals surface area contributed by atoms with Crippen LogP contribution in [0.15, 0.2) is 85.5 Å². The molecule has 0 aliphatic rings. The van der Waals surface area contributed by atoms with Crippen LogP contribution < -0.4 is 20.5 Å². The van der Waals surface area contributed by atoms with Gasteiger partial charge in [-0.2, -0.15) is 5.26 Å². The number of nitrogens with zero attached hydrogens (tertiary/aromatic N) is 5. The van der Waals surface area contributed by atoms with Gasteiger partial charge in [0, 0.05) is 29.7 Å². The minimum absolute atomic E-state index is 0.170. The second kappa shape index (κ2) is 10.5. The number of anilines is 2.